The first-order valence-corrected chi connectivity index (χ1v) is 12.4. The van der Waals surface area contributed by atoms with Gasteiger partial charge in [0.05, 0.1) is 33.7 Å². The van der Waals surface area contributed by atoms with Crippen LogP contribution in [0, 0.1) is 12.7 Å². The number of carbonyl (C=O) groups is 1. The average Bonchev–Trinajstić information content (AvgIpc) is 3.31. The van der Waals surface area contributed by atoms with Crippen LogP contribution < -0.4 is 10.5 Å². The number of nitrogens with zero attached hydrogens (tertiary/aromatic N) is 4. The van der Waals surface area contributed by atoms with Crippen molar-refractivity contribution in [1.29, 1.82) is 0 Å². The molecule has 0 saturated heterocycles. The molecular weight excluding hydrogens is 512 g/mol. The first kappa shape index (κ1) is 24.0. The number of hydrogen-bond acceptors (Lipinski definition) is 5. The Bertz CT molecular complexity index is 1620. The Kier molecular flexibility index (Phi) is 4.51. The molecule has 2 aromatic heterocycles. The van der Waals surface area contributed by atoms with Crippen LogP contribution in [0.1, 0.15) is 27.7 Å². The van der Waals surface area contributed by atoms with E-state index in [1.807, 2.05) is 0 Å². The quantitative estimate of drug-likeness (QED) is 0.327. The molecule has 4 aromatic rings. The lowest BCUT2D eigenvalue weighted by Crippen LogP contribution is -2.32. The molecule has 5 rings (SSSR count). The van der Waals surface area contributed by atoms with E-state index in [0.717, 1.165) is 17.0 Å². The zero-order valence-electron chi connectivity index (χ0n) is 19.0. The third-order valence-electron chi connectivity index (χ3n) is 6.26. The number of likely N-dealkylation sites (N-methyl/N-ethyl adjacent to an activating group) is 1. The molecule has 7 nitrogen and oxygen atoms in total. The lowest BCUT2D eigenvalue weighted by atomic mass is 10.0. The first-order chi connectivity index (χ1) is 16.5. The molecule has 0 unspecified atom stereocenters. The van der Waals surface area contributed by atoms with Gasteiger partial charge >= 0.3 is 10.2 Å². The number of aryl methyl sites for hydroxylation is 2. The summed E-state index contributed by atoms with van der Waals surface area (Å²) < 4.78 is 87.7. The number of aromatic nitrogens is 3. The number of carbonyl (C=O) groups excluding carboxylic acids is 1. The Labute approximate surface area is 200 Å². The summed E-state index contributed by atoms with van der Waals surface area (Å²) in [5.41, 5.74) is 7.14. The Morgan fingerprint density at radius 3 is 2.56 bits per heavy atom. The first-order valence-electron chi connectivity index (χ1n) is 10.5. The smallest absolute Gasteiger partial charge is 0.310 e. The molecule has 0 aliphatic carbocycles. The maximum atomic E-state index is 15.0. The normalized spacial score (nSPS) is 17.5. The summed E-state index contributed by atoms with van der Waals surface area (Å²) in [7, 11) is -6.93. The highest BCUT2D eigenvalue weighted by molar-refractivity contribution is 8.45. The zero-order valence-corrected chi connectivity index (χ0v) is 19.8. The minimum Gasteiger partial charge on any atom is -0.491 e. The van der Waals surface area contributed by atoms with Gasteiger partial charge in [0.15, 0.2) is 0 Å². The monoisotopic (exact) mass is 531 g/mol. The van der Waals surface area contributed by atoms with Gasteiger partial charge < -0.3 is 15.4 Å². The van der Waals surface area contributed by atoms with E-state index in [1.165, 1.54) is 17.8 Å². The molecule has 192 valence electrons. The van der Waals surface area contributed by atoms with Crippen LogP contribution in [0.15, 0.2) is 35.2 Å². The van der Waals surface area contributed by atoms with Crippen molar-refractivity contribution < 1.29 is 33.4 Å². The molecule has 3 heterocycles. The van der Waals surface area contributed by atoms with Gasteiger partial charge in [-0.15, -0.1) is 0 Å². The molecule has 1 atom stereocenters. The molecule has 0 saturated carbocycles. The van der Waals surface area contributed by atoms with Crippen molar-refractivity contribution in [2.24, 2.45) is 7.05 Å². The second-order valence-electron chi connectivity index (χ2n) is 8.69. The third kappa shape index (κ3) is 3.67. The van der Waals surface area contributed by atoms with Crippen molar-refractivity contribution in [3.8, 4) is 5.75 Å². The van der Waals surface area contributed by atoms with E-state index in [9.17, 15) is 24.2 Å². The van der Waals surface area contributed by atoms with Crippen LogP contribution in [-0.4, -0.2) is 39.2 Å². The van der Waals surface area contributed by atoms with Gasteiger partial charge in [-0.3, -0.25) is 9.48 Å². The van der Waals surface area contributed by atoms with Gasteiger partial charge in [-0.2, -0.15) is 5.10 Å². The fourth-order valence-corrected chi connectivity index (χ4v) is 5.19. The lowest BCUT2D eigenvalue weighted by Gasteiger charge is -2.40. The number of hydrogen-bond donors (Lipinski definition) is 1. The number of anilines is 1. The highest BCUT2D eigenvalue weighted by Crippen LogP contribution is 3.02. The van der Waals surface area contributed by atoms with Crippen molar-refractivity contribution in [3.05, 3.63) is 53.0 Å². The fourth-order valence-electron chi connectivity index (χ4n) is 4.53. The summed E-state index contributed by atoms with van der Waals surface area (Å²) in [5.74, 6) is -1.95. The van der Waals surface area contributed by atoms with E-state index in [0.29, 0.717) is 22.0 Å². The highest BCUT2D eigenvalue weighted by atomic mass is 32.5. The van der Waals surface area contributed by atoms with Gasteiger partial charge in [0.2, 0.25) is 0 Å². The van der Waals surface area contributed by atoms with Crippen molar-refractivity contribution >= 4 is 43.8 Å². The van der Waals surface area contributed by atoms with Gasteiger partial charge in [0, 0.05) is 37.2 Å². The molecule has 14 heteroatoms. The van der Waals surface area contributed by atoms with Gasteiger partial charge in [-0.05, 0) is 19.1 Å². The van der Waals surface area contributed by atoms with E-state index < -0.39 is 38.6 Å². The molecule has 1 aliphatic rings. The van der Waals surface area contributed by atoms with Crippen LogP contribution in [0.2, 0.25) is 0 Å². The minimum atomic E-state index is -9.91. The van der Waals surface area contributed by atoms with Gasteiger partial charge in [0.25, 0.3) is 5.91 Å². The maximum absolute atomic E-state index is 15.0. The summed E-state index contributed by atoms with van der Waals surface area (Å²) in [6.07, 6.45) is 0. The summed E-state index contributed by atoms with van der Waals surface area (Å²) >= 11 is 0. The second-order valence-corrected chi connectivity index (χ2v) is 11.1. The number of pyridine rings is 1. The number of nitrogens with two attached hydrogens (primary N) is 1. The molecule has 0 spiro atoms. The molecular formula is C22H19F6N5O2S. The van der Waals surface area contributed by atoms with E-state index in [1.54, 1.807) is 14.0 Å². The van der Waals surface area contributed by atoms with Crippen LogP contribution in [0.25, 0.3) is 21.8 Å². The second kappa shape index (κ2) is 6.75. The van der Waals surface area contributed by atoms with Crippen molar-refractivity contribution in [1.82, 2.24) is 19.7 Å². The van der Waals surface area contributed by atoms with E-state index >= 15 is 4.39 Å². The molecule has 1 amide bonds. The minimum absolute atomic E-state index is 0.0942. The number of amides is 1. The van der Waals surface area contributed by atoms with Crippen LogP contribution >= 0.6 is 10.2 Å². The number of fused-ring (bicyclic) bond motifs is 4. The zero-order chi connectivity index (χ0) is 26.4. The number of ether oxygens (including phenoxy) is 1. The molecule has 0 radical (unpaired) electrons. The molecule has 0 fully saturated rings. The van der Waals surface area contributed by atoms with Gasteiger partial charge in [0.1, 0.15) is 28.9 Å². The Morgan fingerprint density at radius 2 is 1.89 bits per heavy atom. The SMILES string of the molecule is Cc1nn(C)c2c1c(N)nc1cc(F)c(C(=O)N(C)[C@@H]3COc4cc(S(F)(F)(F)(F)F)ccc43)cc12. The third-order valence-corrected chi connectivity index (χ3v) is 7.41. The average molecular weight is 531 g/mol. The Balaban J connectivity index is 1.56. The summed E-state index contributed by atoms with van der Waals surface area (Å²) in [6, 6.07) is 2.77. The fraction of sp³-hybridized carbons (Fsp3) is 0.227. The van der Waals surface area contributed by atoms with Gasteiger partial charge in [-0.1, -0.05) is 25.5 Å². The Morgan fingerprint density at radius 1 is 1.19 bits per heavy atom. The predicted molar refractivity (Wildman–Crippen MR) is 123 cm³/mol. The van der Waals surface area contributed by atoms with Crippen LogP contribution in [0.4, 0.5) is 29.6 Å². The van der Waals surface area contributed by atoms with Crippen LogP contribution in [0.3, 0.4) is 0 Å². The summed E-state index contributed by atoms with van der Waals surface area (Å²) in [4.78, 5) is 16.5. The van der Waals surface area contributed by atoms with Crippen LogP contribution in [0.5, 0.6) is 5.75 Å². The lowest BCUT2D eigenvalue weighted by molar-refractivity contribution is 0.0704. The van der Waals surface area contributed by atoms with Crippen molar-refractivity contribution in [2.45, 2.75) is 17.9 Å². The van der Waals surface area contributed by atoms with Crippen molar-refractivity contribution in [2.75, 3.05) is 19.4 Å². The van der Waals surface area contributed by atoms with Crippen LogP contribution in [-0.2, 0) is 7.05 Å². The number of nitrogen functional groups attached to an aromatic ring is 1. The molecule has 2 aromatic carbocycles. The predicted octanol–water partition coefficient (Wildman–Crippen LogP) is 6.01. The molecule has 1 aliphatic heterocycles. The molecule has 2 N–H and O–H groups in total. The highest BCUT2D eigenvalue weighted by Gasteiger charge is 2.65. The largest absolute Gasteiger partial charge is 0.491 e. The van der Waals surface area contributed by atoms with E-state index in [2.05, 4.69) is 10.1 Å². The summed E-state index contributed by atoms with van der Waals surface area (Å²) in [6.45, 7) is 1.44. The van der Waals surface area contributed by atoms with E-state index in [4.69, 9.17) is 10.5 Å². The van der Waals surface area contributed by atoms with E-state index in [-0.39, 0.29) is 41.2 Å². The standard InChI is InChI=1S/C22H19F6N5O2S/c1-10-19-20(33(3)31-10)14-7-13(15(23)8-16(14)30-21(19)29)22(34)32(2)17-9-35-18-6-11(4-5-12(17)18)36(24,25,26,27)28/h4-8,17H,9H2,1-3H3,(H2,29,30)/t17-/m1/s1. The van der Waals surface area contributed by atoms with Gasteiger partial charge in [-0.25, -0.2) is 9.37 Å². The Hall–Kier alpha value is -3.68. The molecule has 36 heavy (non-hydrogen) atoms. The number of rotatable bonds is 3. The topological polar surface area (TPSA) is 86.3 Å². The summed E-state index contributed by atoms with van der Waals surface area (Å²) in [5, 5.41) is 5.29. The molecule has 0 bridgehead atoms. The maximum Gasteiger partial charge on any atom is 0.310 e. The number of benzene rings is 2. The van der Waals surface area contributed by atoms with Crippen molar-refractivity contribution in [3.63, 3.8) is 0 Å². The number of halogens is 6.